The number of aromatic amines is 1. The van der Waals surface area contributed by atoms with Gasteiger partial charge in [-0.05, 0) is 38.1 Å². The van der Waals surface area contributed by atoms with Crippen molar-refractivity contribution in [3.63, 3.8) is 0 Å². The zero-order valence-electron chi connectivity index (χ0n) is 13.1. The zero-order valence-corrected chi connectivity index (χ0v) is 13.9. The minimum absolute atomic E-state index is 0.0166. The third kappa shape index (κ3) is 3.42. The number of aliphatic hydroxyl groups excluding tert-OH is 1. The lowest BCUT2D eigenvalue weighted by atomic mass is 10.2. The summed E-state index contributed by atoms with van der Waals surface area (Å²) >= 11 is 5.76. The standard InChI is InChI=1S/C16H17ClFN5O/c1-8(2)20-16-22-13-10(5-6-19-14(13)23-16)15(24)21-9-3-4-12(18)11(17)7-9/h3-8,15,21,24H,1-2H3,(H2,19,20,22,23). The number of halogens is 2. The summed E-state index contributed by atoms with van der Waals surface area (Å²) in [7, 11) is 0. The van der Waals surface area contributed by atoms with E-state index < -0.39 is 12.0 Å². The number of pyridine rings is 1. The quantitative estimate of drug-likeness (QED) is 0.528. The molecule has 1 atom stereocenters. The van der Waals surface area contributed by atoms with Crippen LogP contribution in [0.1, 0.15) is 25.6 Å². The largest absolute Gasteiger partial charge is 0.369 e. The van der Waals surface area contributed by atoms with Crippen molar-refractivity contribution in [1.29, 1.82) is 0 Å². The fraction of sp³-hybridized carbons (Fsp3) is 0.250. The van der Waals surface area contributed by atoms with Crippen LogP contribution in [0.25, 0.3) is 11.2 Å². The van der Waals surface area contributed by atoms with Crippen LogP contribution in [0, 0.1) is 5.82 Å². The lowest BCUT2D eigenvalue weighted by Gasteiger charge is -2.15. The number of hydrogen-bond donors (Lipinski definition) is 4. The number of nitrogens with zero attached hydrogens (tertiary/aromatic N) is 2. The van der Waals surface area contributed by atoms with Crippen molar-refractivity contribution in [2.24, 2.45) is 0 Å². The molecule has 0 fully saturated rings. The van der Waals surface area contributed by atoms with Crippen molar-refractivity contribution in [1.82, 2.24) is 15.0 Å². The number of aromatic nitrogens is 3. The number of anilines is 2. The molecule has 0 bridgehead atoms. The highest BCUT2D eigenvalue weighted by molar-refractivity contribution is 6.31. The molecule has 3 rings (SSSR count). The summed E-state index contributed by atoms with van der Waals surface area (Å²) in [5.41, 5.74) is 2.19. The van der Waals surface area contributed by atoms with E-state index in [-0.39, 0.29) is 11.1 Å². The molecule has 2 heterocycles. The molecular weight excluding hydrogens is 333 g/mol. The van der Waals surface area contributed by atoms with Crippen LogP contribution in [0.15, 0.2) is 30.5 Å². The fourth-order valence-corrected chi connectivity index (χ4v) is 2.50. The first kappa shape index (κ1) is 16.5. The molecule has 8 heteroatoms. The van der Waals surface area contributed by atoms with Crippen LogP contribution in [0.5, 0.6) is 0 Å². The molecule has 0 aliphatic rings. The van der Waals surface area contributed by atoms with Crippen molar-refractivity contribution in [2.45, 2.75) is 26.1 Å². The molecule has 126 valence electrons. The Labute approximate surface area is 143 Å². The van der Waals surface area contributed by atoms with E-state index in [0.717, 1.165) is 0 Å². The molecule has 1 unspecified atom stereocenters. The van der Waals surface area contributed by atoms with E-state index in [2.05, 4.69) is 25.6 Å². The molecule has 1 aromatic carbocycles. The van der Waals surface area contributed by atoms with Crippen molar-refractivity contribution in [3.05, 3.63) is 46.9 Å². The molecule has 0 amide bonds. The topological polar surface area (TPSA) is 85.9 Å². The first-order chi connectivity index (χ1) is 11.4. The second-order valence-corrected chi connectivity index (χ2v) is 6.07. The summed E-state index contributed by atoms with van der Waals surface area (Å²) in [6.45, 7) is 3.99. The Morgan fingerprint density at radius 2 is 2.04 bits per heavy atom. The molecule has 0 radical (unpaired) electrons. The van der Waals surface area contributed by atoms with E-state index in [9.17, 15) is 9.50 Å². The van der Waals surface area contributed by atoms with Gasteiger partial charge >= 0.3 is 0 Å². The third-order valence-electron chi connectivity index (χ3n) is 3.37. The summed E-state index contributed by atoms with van der Waals surface area (Å²) in [4.78, 5) is 11.6. The van der Waals surface area contributed by atoms with E-state index in [4.69, 9.17) is 11.6 Å². The number of imidazole rings is 1. The van der Waals surface area contributed by atoms with Gasteiger partial charge in [0, 0.05) is 23.5 Å². The maximum atomic E-state index is 13.2. The normalized spacial score (nSPS) is 12.6. The van der Waals surface area contributed by atoms with E-state index in [1.54, 1.807) is 12.3 Å². The van der Waals surface area contributed by atoms with E-state index in [0.29, 0.717) is 28.4 Å². The van der Waals surface area contributed by atoms with Gasteiger partial charge in [0.25, 0.3) is 0 Å². The van der Waals surface area contributed by atoms with E-state index in [1.807, 2.05) is 13.8 Å². The summed E-state index contributed by atoms with van der Waals surface area (Å²) in [5.74, 6) is 0.0676. The molecule has 3 aromatic rings. The Morgan fingerprint density at radius 1 is 1.25 bits per heavy atom. The highest BCUT2D eigenvalue weighted by Gasteiger charge is 2.16. The molecular formula is C16H17ClFN5O. The van der Waals surface area contributed by atoms with Gasteiger partial charge < -0.3 is 20.7 Å². The predicted molar refractivity (Wildman–Crippen MR) is 92.6 cm³/mol. The van der Waals surface area contributed by atoms with Crippen molar-refractivity contribution in [3.8, 4) is 0 Å². The Morgan fingerprint density at radius 3 is 2.75 bits per heavy atom. The summed E-state index contributed by atoms with van der Waals surface area (Å²) in [6.07, 6.45) is 0.532. The van der Waals surface area contributed by atoms with Crippen LogP contribution >= 0.6 is 11.6 Å². The highest BCUT2D eigenvalue weighted by Crippen LogP contribution is 2.26. The number of nitrogens with one attached hydrogen (secondary N) is 3. The average Bonchev–Trinajstić information content (AvgIpc) is 2.92. The maximum Gasteiger partial charge on any atom is 0.202 e. The van der Waals surface area contributed by atoms with Crippen LogP contribution in [-0.2, 0) is 0 Å². The van der Waals surface area contributed by atoms with Gasteiger partial charge in [-0.2, -0.15) is 4.98 Å². The van der Waals surface area contributed by atoms with Crippen LogP contribution in [0.4, 0.5) is 16.0 Å². The van der Waals surface area contributed by atoms with Crippen LogP contribution in [0.3, 0.4) is 0 Å². The number of fused-ring (bicyclic) bond motifs is 1. The highest BCUT2D eigenvalue weighted by atomic mass is 35.5. The summed E-state index contributed by atoms with van der Waals surface area (Å²) in [5, 5.41) is 16.5. The van der Waals surface area contributed by atoms with Gasteiger partial charge in [-0.25, -0.2) is 9.37 Å². The van der Waals surface area contributed by atoms with Gasteiger partial charge in [-0.1, -0.05) is 11.6 Å². The van der Waals surface area contributed by atoms with Gasteiger partial charge in [0.2, 0.25) is 5.95 Å². The maximum absolute atomic E-state index is 13.2. The summed E-state index contributed by atoms with van der Waals surface area (Å²) in [6, 6.07) is 6.04. The second kappa shape index (κ2) is 6.62. The monoisotopic (exact) mass is 349 g/mol. The SMILES string of the molecule is CC(C)Nc1nc2nccc(C(O)Nc3ccc(F)c(Cl)c3)c2[nH]1. The van der Waals surface area contributed by atoms with Crippen molar-refractivity contribution >= 4 is 34.4 Å². The Kier molecular flexibility index (Phi) is 4.55. The average molecular weight is 350 g/mol. The van der Waals surface area contributed by atoms with Crippen LogP contribution in [-0.4, -0.2) is 26.1 Å². The number of H-pyrrole nitrogens is 1. The lowest BCUT2D eigenvalue weighted by molar-refractivity contribution is 0.209. The minimum Gasteiger partial charge on any atom is -0.369 e. The Bertz CT molecular complexity index is 867. The Balaban J connectivity index is 1.89. The molecule has 24 heavy (non-hydrogen) atoms. The van der Waals surface area contributed by atoms with Crippen LogP contribution < -0.4 is 10.6 Å². The minimum atomic E-state index is -1.04. The first-order valence-corrected chi connectivity index (χ1v) is 7.82. The number of hydrogen-bond acceptors (Lipinski definition) is 5. The smallest absolute Gasteiger partial charge is 0.202 e. The second-order valence-electron chi connectivity index (χ2n) is 5.66. The van der Waals surface area contributed by atoms with Gasteiger partial charge in [0.1, 0.15) is 5.82 Å². The molecule has 2 aromatic heterocycles. The third-order valence-corrected chi connectivity index (χ3v) is 3.66. The number of rotatable bonds is 5. The molecule has 0 aliphatic heterocycles. The van der Waals surface area contributed by atoms with Crippen molar-refractivity contribution in [2.75, 3.05) is 10.6 Å². The Hall–Kier alpha value is -2.38. The molecule has 0 saturated heterocycles. The van der Waals surface area contributed by atoms with Crippen molar-refractivity contribution < 1.29 is 9.50 Å². The number of benzene rings is 1. The molecule has 6 nitrogen and oxygen atoms in total. The summed E-state index contributed by atoms with van der Waals surface area (Å²) < 4.78 is 13.2. The molecule has 0 saturated carbocycles. The lowest BCUT2D eigenvalue weighted by Crippen LogP contribution is -2.11. The van der Waals surface area contributed by atoms with Gasteiger partial charge in [-0.15, -0.1) is 0 Å². The van der Waals surface area contributed by atoms with Crippen LogP contribution in [0.2, 0.25) is 5.02 Å². The van der Waals surface area contributed by atoms with E-state index in [1.165, 1.54) is 18.2 Å². The van der Waals surface area contributed by atoms with Gasteiger partial charge in [-0.3, -0.25) is 0 Å². The molecule has 4 N–H and O–H groups in total. The van der Waals surface area contributed by atoms with Gasteiger partial charge in [0.05, 0.1) is 10.5 Å². The number of aliphatic hydroxyl groups is 1. The molecule has 0 aliphatic carbocycles. The molecule has 0 spiro atoms. The first-order valence-electron chi connectivity index (χ1n) is 7.45. The van der Waals surface area contributed by atoms with E-state index >= 15 is 0 Å². The van der Waals surface area contributed by atoms with Gasteiger partial charge in [0.15, 0.2) is 11.9 Å². The zero-order chi connectivity index (χ0) is 17.3. The predicted octanol–water partition coefficient (Wildman–Crippen LogP) is 3.67. The fourth-order valence-electron chi connectivity index (χ4n) is 2.32.